The second-order valence-electron chi connectivity index (χ2n) is 5.32. The smallest absolute Gasteiger partial charge is 0.227 e. The predicted molar refractivity (Wildman–Crippen MR) is 60.0 cm³/mol. The molecule has 3 heterocycles. The van der Waals surface area contributed by atoms with Gasteiger partial charge >= 0.3 is 0 Å². The molecule has 4 nitrogen and oxygen atoms in total. The molecule has 90 valence electrons. The normalized spacial score (nSPS) is 38.8. The molecule has 0 aromatic rings. The summed E-state index contributed by atoms with van der Waals surface area (Å²) in [7, 11) is 0. The quantitative estimate of drug-likeness (QED) is 0.686. The van der Waals surface area contributed by atoms with Gasteiger partial charge in [0.05, 0.1) is 12.5 Å². The summed E-state index contributed by atoms with van der Waals surface area (Å²) < 4.78 is 5.49. The Bertz CT molecular complexity index is 276. The van der Waals surface area contributed by atoms with E-state index in [4.69, 9.17) is 4.74 Å². The van der Waals surface area contributed by atoms with Gasteiger partial charge in [-0.15, -0.1) is 0 Å². The van der Waals surface area contributed by atoms with Crippen LogP contribution in [0.5, 0.6) is 0 Å². The van der Waals surface area contributed by atoms with E-state index in [0.717, 1.165) is 52.2 Å². The Hall–Kier alpha value is -0.610. The predicted octanol–water partition coefficient (Wildman–Crippen LogP) is 0.0908. The van der Waals surface area contributed by atoms with Crippen molar-refractivity contribution < 1.29 is 9.53 Å². The van der Waals surface area contributed by atoms with Gasteiger partial charge in [-0.3, -0.25) is 4.79 Å². The molecule has 0 spiro atoms. The number of carbonyl (C=O) groups is 1. The van der Waals surface area contributed by atoms with Gasteiger partial charge in [-0.1, -0.05) is 0 Å². The minimum absolute atomic E-state index is 0.235. The van der Waals surface area contributed by atoms with Crippen molar-refractivity contribution in [2.24, 2.45) is 17.8 Å². The topological polar surface area (TPSA) is 41.6 Å². The monoisotopic (exact) mass is 224 g/mol. The van der Waals surface area contributed by atoms with E-state index in [-0.39, 0.29) is 5.92 Å². The first-order chi connectivity index (χ1) is 7.84. The molecule has 1 amide bonds. The Balaban J connectivity index is 1.60. The Morgan fingerprint density at radius 3 is 2.94 bits per heavy atom. The second-order valence-corrected chi connectivity index (χ2v) is 5.32. The molecule has 3 atom stereocenters. The van der Waals surface area contributed by atoms with Gasteiger partial charge in [0, 0.05) is 32.2 Å². The van der Waals surface area contributed by atoms with Crippen LogP contribution in [0, 0.1) is 17.8 Å². The molecule has 0 saturated carbocycles. The van der Waals surface area contributed by atoms with Crippen molar-refractivity contribution in [1.82, 2.24) is 10.2 Å². The van der Waals surface area contributed by atoms with E-state index in [2.05, 4.69) is 10.2 Å². The number of rotatable bonds is 1. The third kappa shape index (κ3) is 1.84. The van der Waals surface area contributed by atoms with Crippen molar-refractivity contribution in [3.63, 3.8) is 0 Å². The average Bonchev–Trinajstić information content (AvgIpc) is 2.98. The highest BCUT2D eigenvalue weighted by atomic mass is 16.5. The Kier molecular flexibility index (Phi) is 2.86. The Labute approximate surface area is 96.3 Å². The molecule has 3 aliphatic heterocycles. The van der Waals surface area contributed by atoms with Crippen LogP contribution >= 0.6 is 0 Å². The second kappa shape index (κ2) is 4.34. The lowest BCUT2D eigenvalue weighted by atomic mass is 9.88. The largest absolute Gasteiger partial charge is 0.381 e. The first kappa shape index (κ1) is 10.5. The van der Waals surface area contributed by atoms with Crippen molar-refractivity contribution >= 4 is 5.91 Å². The highest BCUT2D eigenvalue weighted by molar-refractivity contribution is 5.79. The van der Waals surface area contributed by atoms with Gasteiger partial charge in [-0.25, -0.2) is 0 Å². The number of hydrogen-bond acceptors (Lipinski definition) is 3. The Morgan fingerprint density at radius 1 is 1.25 bits per heavy atom. The zero-order valence-electron chi connectivity index (χ0n) is 9.65. The fraction of sp³-hybridized carbons (Fsp3) is 0.917. The van der Waals surface area contributed by atoms with E-state index < -0.39 is 0 Å². The lowest BCUT2D eigenvalue weighted by Gasteiger charge is -2.35. The molecule has 1 N–H and O–H groups in total. The summed E-state index contributed by atoms with van der Waals surface area (Å²) in [5.74, 6) is 1.92. The van der Waals surface area contributed by atoms with Gasteiger partial charge in [-0.05, 0) is 25.3 Å². The van der Waals surface area contributed by atoms with Crippen molar-refractivity contribution in [1.29, 1.82) is 0 Å². The number of fused-ring (bicyclic) bond motifs is 1. The summed E-state index contributed by atoms with van der Waals surface area (Å²) in [6.07, 6.45) is 2.15. The minimum Gasteiger partial charge on any atom is -0.381 e. The van der Waals surface area contributed by atoms with Gasteiger partial charge in [0.2, 0.25) is 5.91 Å². The molecule has 3 rings (SSSR count). The van der Waals surface area contributed by atoms with E-state index in [9.17, 15) is 4.79 Å². The van der Waals surface area contributed by atoms with Gasteiger partial charge < -0.3 is 15.0 Å². The van der Waals surface area contributed by atoms with Gasteiger partial charge in [0.25, 0.3) is 0 Å². The van der Waals surface area contributed by atoms with Gasteiger partial charge in [0.15, 0.2) is 0 Å². The lowest BCUT2D eigenvalue weighted by Crippen LogP contribution is -2.46. The summed E-state index contributed by atoms with van der Waals surface area (Å²) in [4.78, 5) is 14.3. The first-order valence-corrected chi connectivity index (χ1v) is 6.42. The summed E-state index contributed by atoms with van der Waals surface area (Å²) >= 11 is 0. The van der Waals surface area contributed by atoms with Crippen molar-refractivity contribution in [3.05, 3.63) is 0 Å². The fourth-order valence-corrected chi connectivity index (χ4v) is 3.18. The van der Waals surface area contributed by atoms with Crippen LogP contribution in [-0.2, 0) is 9.53 Å². The van der Waals surface area contributed by atoms with E-state index in [0.29, 0.717) is 17.7 Å². The summed E-state index contributed by atoms with van der Waals surface area (Å²) in [5.41, 5.74) is 0. The number of piperidine rings is 1. The zero-order chi connectivity index (χ0) is 11.0. The number of likely N-dealkylation sites (tertiary alicyclic amines) is 1. The summed E-state index contributed by atoms with van der Waals surface area (Å²) in [6.45, 7) is 5.52. The molecule has 3 saturated heterocycles. The van der Waals surface area contributed by atoms with Gasteiger partial charge in [0.1, 0.15) is 0 Å². The van der Waals surface area contributed by atoms with Gasteiger partial charge in [-0.2, -0.15) is 0 Å². The number of nitrogens with one attached hydrogen (secondary N) is 1. The third-order valence-corrected chi connectivity index (χ3v) is 4.28. The molecule has 0 bridgehead atoms. The van der Waals surface area contributed by atoms with Crippen molar-refractivity contribution in [3.8, 4) is 0 Å². The molecular weight excluding hydrogens is 204 g/mol. The van der Waals surface area contributed by atoms with E-state index >= 15 is 0 Å². The van der Waals surface area contributed by atoms with Crippen LogP contribution in [-0.4, -0.2) is 50.2 Å². The highest BCUT2D eigenvalue weighted by Crippen LogP contribution is 2.30. The summed E-state index contributed by atoms with van der Waals surface area (Å²) in [5, 5.41) is 3.27. The molecular formula is C12H20N2O2. The molecule has 3 fully saturated rings. The van der Waals surface area contributed by atoms with Crippen LogP contribution in [0.25, 0.3) is 0 Å². The molecule has 0 aliphatic carbocycles. The number of amides is 1. The maximum Gasteiger partial charge on any atom is 0.227 e. The number of ether oxygens (including phenoxy) is 1. The van der Waals surface area contributed by atoms with Crippen molar-refractivity contribution in [2.75, 3.05) is 39.4 Å². The maximum absolute atomic E-state index is 12.2. The van der Waals surface area contributed by atoms with Crippen LogP contribution < -0.4 is 5.32 Å². The number of hydrogen-bond donors (Lipinski definition) is 1. The first-order valence-electron chi connectivity index (χ1n) is 6.42. The maximum atomic E-state index is 12.2. The number of nitrogens with zero attached hydrogens (tertiary/aromatic N) is 1. The van der Waals surface area contributed by atoms with Crippen LogP contribution in [0.3, 0.4) is 0 Å². The minimum atomic E-state index is 0.235. The number of carbonyl (C=O) groups excluding carboxylic acids is 1. The molecule has 0 aromatic heterocycles. The van der Waals surface area contributed by atoms with E-state index in [1.807, 2.05) is 0 Å². The SMILES string of the molecule is O=C(C1CCNC1)N1CCC2COCC2C1. The van der Waals surface area contributed by atoms with Crippen LogP contribution in [0.4, 0.5) is 0 Å². The lowest BCUT2D eigenvalue weighted by molar-refractivity contribution is -0.137. The molecule has 3 aliphatic rings. The molecule has 0 radical (unpaired) electrons. The zero-order valence-corrected chi connectivity index (χ0v) is 9.65. The molecule has 16 heavy (non-hydrogen) atoms. The van der Waals surface area contributed by atoms with Crippen molar-refractivity contribution in [2.45, 2.75) is 12.8 Å². The third-order valence-electron chi connectivity index (χ3n) is 4.28. The van der Waals surface area contributed by atoms with Crippen LogP contribution in [0.2, 0.25) is 0 Å². The highest BCUT2D eigenvalue weighted by Gasteiger charge is 2.37. The Morgan fingerprint density at radius 2 is 2.12 bits per heavy atom. The molecule has 0 aromatic carbocycles. The molecule has 3 unspecified atom stereocenters. The fourth-order valence-electron chi connectivity index (χ4n) is 3.18. The van der Waals surface area contributed by atoms with E-state index in [1.54, 1.807) is 0 Å². The van der Waals surface area contributed by atoms with Crippen LogP contribution in [0.1, 0.15) is 12.8 Å². The van der Waals surface area contributed by atoms with E-state index in [1.165, 1.54) is 0 Å². The molecule has 4 heteroatoms. The van der Waals surface area contributed by atoms with Crippen LogP contribution in [0.15, 0.2) is 0 Å². The standard InChI is InChI=1S/C12H20N2O2/c15-12(9-1-3-13-5-9)14-4-2-10-7-16-8-11(10)6-14/h9-11,13H,1-8H2. The average molecular weight is 224 g/mol. The summed E-state index contributed by atoms with van der Waals surface area (Å²) in [6, 6.07) is 0.